The molecule has 0 saturated carbocycles. The van der Waals surface area contributed by atoms with E-state index in [1.807, 2.05) is 0 Å². The van der Waals surface area contributed by atoms with Crippen molar-refractivity contribution in [2.24, 2.45) is 5.92 Å². The van der Waals surface area contributed by atoms with Crippen molar-refractivity contribution in [3.63, 3.8) is 0 Å². The first-order valence-corrected chi connectivity index (χ1v) is 8.16. The molecular formula is C12H15NO3S2. The Morgan fingerprint density at radius 3 is 2.61 bits per heavy atom. The Morgan fingerprint density at radius 1 is 1.39 bits per heavy atom. The molecule has 0 aliphatic carbocycles. The quantitative estimate of drug-likeness (QED) is 0.854. The van der Waals surface area contributed by atoms with Gasteiger partial charge in [-0.3, -0.25) is 4.79 Å². The number of benzene rings is 1. The van der Waals surface area contributed by atoms with Gasteiger partial charge in [0.1, 0.15) is 0 Å². The van der Waals surface area contributed by atoms with Crippen LogP contribution in [0.4, 0.5) is 5.69 Å². The van der Waals surface area contributed by atoms with E-state index in [-0.39, 0.29) is 16.7 Å². The third kappa shape index (κ3) is 2.54. The molecule has 0 N–H and O–H groups in total. The van der Waals surface area contributed by atoms with Crippen LogP contribution in [0.2, 0.25) is 0 Å². The maximum Gasteiger partial charge on any atom is 0.227 e. The third-order valence-electron chi connectivity index (χ3n) is 3.02. The molecule has 1 heterocycles. The van der Waals surface area contributed by atoms with Crippen LogP contribution in [0.5, 0.6) is 0 Å². The van der Waals surface area contributed by atoms with E-state index in [4.69, 9.17) is 0 Å². The number of carbonyl (C=O) groups is 1. The average Bonchev–Trinajstić information content (AvgIpc) is 2.69. The Labute approximate surface area is 112 Å². The zero-order valence-electron chi connectivity index (χ0n) is 10.0. The van der Waals surface area contributed by atoms with Gasteiger partial charge in [-0.15, -0.1) is 0 Å². The van der Waals surface area contributed by atoms with Crippen molar-refractivity contribution < 1.29 is 13.2 Å². The number of para-hydroxylation sites is 1. The molecule has 1 aromatic carbocycles. The van der Waals surface area contributed by atoms with E-state index in [2.05, 4.69) is 12.6 Å². The first-order chi connectivity index (χ1) is 8.43. The minimum absolute atomic E-state index is 0.0369. The van der Waals surface area contributed by atoms with Crippen molar-refractivity contribution in [3.05, 3.63) is 24.3 Å². The highest BCUT2D eigenvalue weighted by Gasteiger charge is 2.32. The Morgan fingerprint density at radius 2 is 2.06 bits per heavy atom. The molecule has 1 atom stereocenters. The Balaban J connectivity index is 2.44. The highest BCUT2D eigenvalue weighted by molar-refractivity contribution is 7.90. The van der Waals surface area contributed by atoms with Crippen LogP contribution < -0.4 is 4.90 Å². The maximum absolute atomic E-state index is 11.9. The fourth-order valence-corrected chi connectivity index (χ4v) is 3.26. The van der Waals surface area contributed by atoms with Gasteiger partial charge in [0.05, 0.1) is 10.6 Å². The van der Waals surface area contributed by atoms with E-state index in [1.165, 1.54) is 6.07 Å². The zero-order chi connectivity index (χ0) is 13.3. The van der Waals surface area contributed by atoms with Crippen LogP contribution in [0.3, 0.4) is 0 Å². The lowest BCUT2D eigenvalue weighted by Crippen LogP contribution is -2.26. The standard InChI is InChI=1S/C12H15NO3S2/c1-18(15,16)11-5-3-2-4-10(11)13-7-9(8-17)6-12(13)14/h2-5,9,17H,6-8H2,1H3. The molecule has 0 aromatic heterocycles. The van der Waals surface area contributed by atoms with E-state index < -0.39 is 9.84 Å². The van der Waals surface area contributed by atoms with Crippen molar-refractivity contribution in [2.45, 2.75) is 11.3 Å². The van der Waals surface area contributed by atoms with E-state index in [1.54, 1.807) is 23.1 Å². The van der Waals surface area contributed by atoms with Crippen molar-refractivity contribution in [2.75, 3.05) is 23.5 Å². The molecule has 1 saturated heterocycles. The van der Waals surface area contributed by atoms with Gasteiger partial charge in [-0.25, -0.2) is 8.42 Å². The number of carbonyl (C=O) groups excluding carboxylic acids is 1. The minimum Gasteiger partial charge on any atom is -0.311 e. The van der Waals surface area contributed by atoms with Crippen LogP contribution in [0.1, 0.15) is 6.42 Å². The number of rotatable bonds is 3. The molecule has 1 aliphatic heterocycles. The molecule has 4 nitrogen and oxygen atoms in total. The van der Waals surface area contributed by atoms with Gasteiger partial charge in [-0.2, -0.15) is 12.6 Å². The second-order valence-electron chi connectivity index (χ2n) is 4.50. The summed E-state index contributed by atoms with van der Waals surface area (Å²) in [6.07, 6.45) is 1.59. The fourth-order valence-electron chi connectivity index (χ4n) is 2.13. The van der Waals surface area contributed by atoms with Crippen LogP contribution in [-0.4, -0.2) is 32.9 Å². The summed E-state index contributed by atoms with van der Waals surface area (Å²) in [7, 11) is -3.33. The summed E-state index contributed by atoms with van der Waals surface area (Å²) >= 11 is 4.20. The summed E-state index contributed by atoms with van der Waals surface area (Å²) in [4.78, 5) is 13.7. The van der Waals surface area contributed by atoms with Crippen LogP contribution in [0.25, 0.3) is 0 Å². The first kappa shape index (κ1) is 13.4. The molecule has 6 heteroatoms. The Kier molecular flexibility index (Phi) is 3.68. The molecule has 1 aliphatic rings. The number of amides is 1. The highest BCUT2D eigenvalue weighted by Crippen LogP contribution is 2.30. The fraction of sp³-hybridized carbons (Fsp3) is 0.417. The molecule has 0 radical (unpaired) electrons. The summed E-state index contributed by atoms with van der Waals surface area (Å²) in [5.41, 5.74) is 0.481. The van der Waals surface area contributed by atoms with E-state index in [0.29, 0.717) is 24.4 Å². The van der Waals surface area contributed by atoms with Crippen LogP contribution in [-0.2, 0) is 14.6 Å². The summed E-state index contributed by atoms with van der Waals surface area (Å²) < 4.78 is 23.4. The van der Waals surface area contributed by atoms with Gasteiger partial charge < -0.3 is 4.90 Å². The molecule has 1 aromatic rings. The van der Waals surface area contributed by atoms with Gasteiger partial charge in [0.15, 0.2) is 9.84 Å². The number of hydrogen-bond donors (Lipinski definition) is 1. The van der Waals surface area contributed by atoms with Gasteiger partial charge in [0.25, 0.3) is 0 Å². The molecule has 2 rings (SSSR count). The molecule has 0 spiro atoms. The van der Waals surface area contributed by atoms with E-state index in [0.717, 1.165) is 6.26 Å². The SMILES string of the molecule is CS(=O)(=O)c1ccccc1N1CC(CS)CC1=O. The van der Waals surface area contributed by atoms with Crippen LogP contribution in [0, 0.1) is 5.92 Å². The first-order valence-electron chi connectivity index (χ1n) is 5.64. The summed E-state index contributed by atoms with van der Waals surface area (Å²) in [6.45, 7) is 0.537. The van der Waals surface area contributed by atoms with Crippen molar-refractivity contribution in [3.8, 4) is 0 Å². The van der Waals surface area contributed by atoms with Gasteiger partial charge >= 0.3 is 0 Å². The number of hydrogen-bond acceptors (Lipinski definition) is 4. The van der Waals surface area contributed by atoms with Gasteiger partial charge in [-0.05, 0) is 23.8 Å². The topological polar surface area (TPSA) is 54.5 Å². The van der Waals surface area contributed by atoms with Gasteiger partial charge in [0.2, 0.25) is 5.91 Å². The zero-order valence-corrected chi connectivity index (χ0v) is 11.7. The predicted octanol–water partition coefficient (Wildman–Crippen LogP) is 1.37. The normalized spacial score (nSPS) is 20.4. The summed E-state index contributed by atoms with van der Waals surface area (Å²) in [5.74, 6) is 0.780. The number of nitrogens with zero attached hydrogens (tertiary/aromatic N) is 1. The smallest absolute Gasteiger partial charge is 0.227 e. The van der Waals surface area contributed by atoms with Crippen molar-refractivity contribution in [1.82, 2.24) is 0 Å². The molecule has 1 amide bonds. The molecule has 0 bridgehead atoms. The Hall–Kier alpha value is -1.01. The van der Waals surface area contributed by atoms with Crippen LogP contribution in [0.15, 0.2) is 29.2 Å². The largest absolute Gasteiger partial charge is 0.311 e. The second-order valence-corrected chi connectivity index (χ2v) is 6.85. The third-order valence-corrected chi connectivity index (χ3v) is 4.68. The Bertz CT molecular complexity index is 568. The average molecular weight is 285 g/mol. The lowest BCUT2D eigenvalue weighted by Gasteiger charge is -2.19. The molecule has 18 heavy (non-hydrogen) atoms. The van der Waals surface area contributed by atoms with Gasteiger partial charge in [-0.1, -0.05) is 12.1 Å². The number of thiol groups is 1. The minimum atomic E-state index is -3.33. The molecule has 98 valence electrons. The lowest BCUT2D eigenvalue weighted by molar-refractivity contribution is -0.117. The molecular weight excluding hydrogens is 270 g/mol. The second kappa shape index (κ2) is 4.93. The molecule has 1 unspecified atom stereocenters. The van der Waals surface area contributed by atoms with Gasteiger partial charge in [0, 0.05) is 19.2 Å². The molecule has 1 fully saturated rings. The highest BCUT2D eigenvalue weighted by atomic mass is 32.2. The summed E-state index contributed by atoms with van der Waals surface area (Å²) in [5, 5.41) is 0. The van der Waals surface area contributed by atoms with E-state index in [9.17, 15) is 13.2 Å². The predicted molar refractivity (Wildman–Crippen MR) is 73.9 cm³/mol. The maximum atomic E-state index is 11.9. The summed E-state index contributed by atoms with van der Waals surface area (Å²) in [6, 6.07) is 6.61. The van der Waals surface area contributed by atoms with E-state index >= 15 is 0 Å². The monoisotopic (exact) mass is 285 g/mol. The number of anilines is 1. The number of sulfone groups is 1. The lowest BCUT2D eigenvalue weighted by atomic mass is 10.1. The van der Waals surface area contributed by atoms with Crippen molar-refractivity contribution >= 4 is 34.1 Å². The van der Waals surface area contributed by atoms with Crippen LogP contribution >= 0.6 is 12.6 Å². The van der Waals surface area contributed by atoms with Crippen molar-refractivity contribution in [1.29, 1.82) is 0 Å².